The zero-order valence-corrected chi connectivity index (χ0v) is 19.9. The topological polar surface area (TPSA) is 152 Å². The Hall–Kier alpha value is -3.69. The van der Waals surface area contributed by atoms with E-state index in [4.69, 9.17) is 14.6 Å². The van der Waals surface area contributed by atoms with E-state index < -0.39 is 17.5 Å². The number of carboxylic acids is 1. The van der Waals surface area contributed by atoms with Gasteiger partial charge in [0.1, 0.15) is 17.1 Å². The Balaban J connectivity index is 1.42. The summed E-state index contributed by atoms with van der Waals surface area (Å²) in [7, 11) is 0. The second kappa shape index (κ2) is 9.16. The number of phenols is 1. The average molecular weight is 485 g/mol. The predicted molar refractivity (Wildman–Crippen MR) is 124 cm³/mol. The first-order valence-corrected chi connectivity index (χ1v) is 11.6. The quantitative estimate of drug-likeness (QED) is 0.260. The second-order valence-electron chi connectivity index (χ2n) is 9.11. The molecule has 2 atom stereocenters. The van der Waals surface area contributed by atoms with Crippen LogP contribution >= 0.6 is 0 Å². The first-order valence-electron chi connectivity index (χ1n) is 11.6. The van der Waals surface area contributed by atoms with Crippen molar-refractivity contribution in [3.05, 3.63) is 28.5 Å². The fourth-order valence-corrected chi connectivity index (χ4v) is 4.81. The Morgan fingerprint density at radius 1 is 1.20 bits per heavy atom. The van der Waals surface area contributed by atoms with Gasteiger partial charge < -0.3 is 25.0 Å². The van der Waals surface area contributed by atoms with E-state index in [1.165, 1.54) is 13.0 Å². The zero-order chi connectivity index (χ0) is 25.5. The van der Waals surface area contributed by atoms with E-state index >= 15 is 0 Å². The molecule has 10 heteroatoms. The number of carbonyl (C=O) groups excluding carboxylic acids is 3. The summed E-state index contributed by atoms with van der Waals surface area (Å²) in [5.41, 5.74) is 0.890. The number of Topliss-reactive ketones (excluding diaryl/α,β-unsaturated/α-hetero) is 1. The zero-order valence-electron chi connectivity index (χ0n) is 19.9. The van der Waals surface area contributed by atoms with Crippen LogP contribution in [-0.2, 0) is 20.0 Å². The Kier molecular flexibility index (Phi) is 6.40. The van der Waals surface area contributed by atoms with E-state index in [9.17, 15) is 24.3 Å². The van der Waals surface area contributed by atoms with Crippen LogP contribution in [0.2, 0.25) is 0 Å². The highest BCUT2D eigenvalue weighted by atomic mass is 16.6. The van der Waals surface area contributed by atoms with E-state index in [1.54, 1.807) is 13.8 Å². The number of nitrogens with one attached hydrogen (secondary N) is 1. The lowest BCUT2D eigenvalue weighted by Gasteiger charge is -2.43. The highest BCUT2D eigenvalue weighted by molar-refractivity contribution is 6.11. The van der Waals surface area contributed by atoms with Crippen LogP contribution in [0.1, 0.15) is 67.4 Å². The number of rotatable bonds is 10. The van der Waals surface area contributed by atoms with Gasteiger partial charge in [-0.3, -0.25) is 24.2 Å². The molecule has 1 spiro atoms. The number of carbonyl (C=O) groups is 4. The van der Waals surface area contributed by atoms with Crippen LogP contribution in [0.15, 0.2) is 16.8 Å². The molecule has 3 N–H and O–H groups in total. The fourth-order valence-electron chi connectivity index (χ4n) is 4.81. The Morgan fingerprint density at radius 2 is 1.94 bits per heavy atom. The molecular formula is C25H28N2O8. The molecular weight excluding hydrogens is 456 g/mol. The highest BCUT2D eigenvalue weighted by Crippen LogP contribution is 2.65. The van der Waals surface area contributed by atoms with Gasteiger partial charge in [0.25, 0.3) is 0 Å². The van der Waals surface area contributed by atoms with Gasteiger partial charge >= 0.3 is 5.97 Å². The average Bonchev–Trinajstić information content (AvgIpc) is 3.02. The van der Waals surface area contributed by atoms with Gasteiger partial charge in [0.2, 0.25) is 5.91 Å². The lowest BCUT2D eigenvalue weighted by molar-refractivity contribution is -0.137. The van der Waals surface area contributed by atoms with Gasteiger partial charge in [-0.25, -0.2) is 0 Å². The van der Waals surface area contributed by atoms with Crippen LogP contribution in [-0.4, -0.2) is 52.5 Å². The normalized spacial score (nSPS) is 21.7. The van der Waals surface area contributed by atoms with E-state index in [-0.39, 0.29) is 53.8 Å². The summed E-state index contributed by atoms with van der Waals surface area (Å²) >= 11 is 0. The lowest BCUT2D eigenvalue weighted by atomic mass is 9.72. The third-order valence-corrected chi connectivity index (χ3v) is 6.68. The third-order valence-electron chi connectivity index (χ3n) is 6.68. The number of aromatic hydroxyl groups is 1. The summed E-state index contributed by atoms with van der Waals surface area (Å²) in [6.45, 7) is 5.47. The lowest BCUT2D eigenvalue weighted by Crippen LogP contribution is -2.48. The monoisotopic (exact) mass is 484 g/mol. The molecule has 10 nitrogen and oxygen atoms in total. The Morgan fingerprint density at radius 3 is 2.63 bits per heavy atom. The van der Waals surface area contributed by atoms with Gasteiger partial charge in [-0.1, -0.05) is 0 Å². The number of hydrogen-bond donors (Lipinski definition) is 3. The fraction of sp³-hybridized carbons (Fsp3) is 0.480. The minimum absolute atomic E-state index is 0.00829. The van der Waals surface area contributed by atoms with Gasteiger partial charge in [-0.2, -0.15) is 0 Å². The molecule has 1 aromatic rings. The standard InChI is InChI=1S/C25H28N2O8/c1-12-22(33)20(14(3)28)24-21-23(12)35-25(21)11-15(16(29)10-17(25)34-24)13(2)26-8-4-6-18(30)27-9-5-7-19(31)32/h10,15,33H,4-9,11H2,1-3H3,(H,27,30)(H,31,32). The molecule has 1 amide bonds. The van der Waals surface area contributed by atoms with Crippen molar-refractivity contribution in [2.24, 2.45) is 10.9 Å². The van der Waals surface area contributed by atoms with E-state index in [1.807, 2.05) is 0 Å². The molecule has 0 fully saturated rings. The molecule has 2 aliphatic heterocycles. The summed E-state index contributed by atoms with van der Waals surface area (Å²) < 4.78 is 12.0. The molecule has 2 unspecified atom stereocenters. The van der Waals surface area contributed by atoms with Crippen LogP contribution < -0.4 is 14.8 Å². The molecule has 2 heterocycles. The van der Waals surface area contributed by atoms with Crippen molar-refractivity contribution < 1.29 is 38.9 Å². The number of aliphatic carboxylic acids is 1. The number of aliphatic imine (C=N–C) groups is 1. The number of benzene rings is 1. The first kappa shape index (κ1) is 24.4. The molecule has 1 aromatic carbocycles. The van der Waals surface area contributed by atoms with E-state index in [2.05, 4.69) is 10.3 Å². The molecule has 0 saturated heterocycles. The van der Waals surface area contributed by atoms with Gasteiger partial charge in [0.05, 0.1) is 11.5 Å². The molecule has 0 saturated carbocycles. The SMILES string of the molecule is CC(=O)c1c(O)c(C)c2c3c1OC1=CC(=O)C(C(C)=NCCCC(=O)NCCCC(=O)O)CC13O2. The van der Waals surface area contributed by atoms with Crippen LogP contribution in [0.4, 0.5) is 0 Å². The van der Waals surface area contributed by atoms with Crippen molar-refractivity contribution in [1.29, 1.82) is 0 Å². The summed E-state index contributed by atoms with van der Waals surface area (Å²) in [5, 5.41) is 21.8. The molecule has 3 aliphatic rings. The Labute approximate surface area is 202 Å². The molecule has 35 heavy (non-hydrogen) atoms. The van der Waals surface area contributed by atoms with Crippen LogP contribution in [0.25, 0.3) is 0 Å². The number of hydrogen-bond acceptors (Lipinski definition) is 8. The van der Waals surface area contributed by atoms with Crippen molar-refractivity contribution in [2.75, 3.05) is 13.1 Å². The largest absolute Gasteiger partial charge is 0.507 e. The number of ether oxygens (including phenoxy) is 2. The van der Waals surface area contributed by atoms with Crippen molar-refractivity contribution in [3.63, 3.8) is 0 Å². The van der Waals surface area contributed by atoms with Crippen molar-refractivity contribution in [3.8, 4) is 17.2 Å². The maximum Gasteiger partial charge on any atom is 0.303 e. The third kappa shape index (κ3) is 4.17. The van der Waals surface area contributed by atoms with Gasteiger partial charge in [0, 0.05) is 49.7 Å². The number of nitrogens with zero attached hydrogens (tertiary/aromatic N) is 1. The van der Waals surface area contributed by atoms with Crippen LogP contribution in [0, 0.1) is 12.8 Å². The molecule has 4 rings (SSSR count). The maximum absolute atomic E-state index is 12.9. The molecule has 0 radical (unpaired) electrons. The van der Waals surface area contributed by atoms with E-state index in [0.717, 1.165) is 0 Å². The summed E-state index contributed by atoms with van der Waals surface area (Å²) in [4.78, 5) is 51.9. The van der Waals surface area contributed by atoms with Gasteiger partial charge in [0.15, 0.2) is 28.7 Å². The smallest absolute Gasteiger partial charge is 0.303 e. The molecule has 0 bridgehead atoms. The Bertz CT molecular complexity index is 1200. The number of phenolic OH excluding ortho intramolecular Hbond substituents is 1. The number of carboxylic acid groups (broad SMARTS) is 1. The molecule has 186 valence electrons. The van der Waals surface area contributed by atoms with Gasteiger partial charge in [-0.05, 0) is 33.6 Å². The molecule has 1 aliphatic carbocycles. The highest BCUT2D eigenvalue weighted by Gasteiger charge is 2.62. The number of amides is 1. The minimum Gasteiger partial charge on any atom is -0.507 e. The number of allylic oxidation sites excluding steroid dienone is 1. The van der Waals surface area contributed by atoms with Crippen molar-refractivity contribution in [2.45, 2.75) is 58.5 Å². The van der Waals surface area contributed by atoms with Crippen LogP contribution in [0.3, 0.4) is 0 Å². The number of ketones is 2. The first-order chi connectivity index (χ1) is 16.6. The predicted octanol–water partition coefficient (Wildman–Crippen LogP) is 2.58. The van der Waals surface area contributed by atoms with Crippen molar-refractivity contribution in [1.82, 2.24) is 5.32 Å². The maximum atomic E-state index is 12.9. The summed E-state index contributed by atoms with van der Waals surface area (Å²) in [6.07, 6.45) is 2.79. The molecule has 0 aromatic heterocycles. The summed E-state index contributed by atoms with van der Waals surface area (Å²) in [6, 6.07) is 0. The van der Waals surface area contributed by atoms with Gasteiger partial charge in [-0.15, -0.1) is 0 Å². The minimum atomic E-state index is -0.974. The second-order valence-corrected chi connectivity index (χ2v) is 9.11. The van der Waals surface area contributed by atoms with Crippen molar-refractivity contribution >= 4 is 29.2 Å². The van der Waals surface area contributed by atoms with E-state index in [0.29, 0.717) is 54.3 Å². The van der Waals surface area contributed by atoms with Crippen LogP contribution in [0.5, 0.6) is 17.2 Å². The summed E-state index contributed by atoms with van der Waals surface area (Å²) in [5.74, 6) is -1.25.